The van der Waals surface area contributed by atoms with E-state index in [0.717, 1.165) is 68.2 Å². The smallest absolute Gasteiger partial charge is 0.126 e. The summed E-state index contributed by atoms with van der Waals surface area (Å²) in [5.74, 6) is 4.86. The third-order valence-corrected chi connectivity index (χ3v) is 8.41. The SMILES string of the molecule is c1ccc(NCc2cc(CNc3ccccn3)cc(OCc3cccc(COc4cc(CNc5ccccn5)cc(CNc5ccccn5)c4)c3)c2)nc1. The van der Waals surface area contributed by atoms with Gasteiger partial charge in [-0.1, -0.05) is 54.6 Å². The molecule has 0 amide bonds. The Hall–Kier alpha value is -6.94. The predicted molar refractivity (Wildman–Crippen MR) is 214 cm³/mol. The molecular formula is C44H42N8O2. The van der Waals surface area contributed by atoms with Crippen LogP contribution in [0.4, 0.5) is 23.3 Å². The van der Waals surface area contributed by atoms with Crippen LogP contribution in [0.1, 0.15) is 33.4 Å². The van der Waals surface area contributed by atoms with Gasteiger partial charge in [-0.25, -0.2) is 19.9 Å². The lowest BCUT2D eigenvalue weighted by molar-refractivity contribution is 0.299. The number of hydrogen-bond donors (Lipinski definition) is 4. The molecule has 10 heteroatoms. The molecule has 4 heterocycles. The first-order chi connectivity index (χ1) is 26.7. The molecule has 0 unspecified atom stereocenters. The largest absolute Gasteiger partial charge is 0.489 e. The number of rotatable bonds is 18. The predicted octanol–water partition coefficient (Wildman–Crippen LogP) is 8.87. The van der Waals surface area contributed by atoms with Crippen molar-refractivity contribution in [2.75, 3.05) is 21.3 Å². The van der Waals surface area contributed by atoms with Crippen molar-refractivity contribution >= 4 is 23.3 Å². The molecule has 0 spiro atoms. The maximum absolute atomic E-state index is 6.40. The Morgan fingerprint density at radius 2 is 0.648 bits per heavy atom. The number of nitrogens with one attached hydrogen (secondary N) is 4. The average molecular weight is 715 g/mol. The van der Waals surface area contributed by atoms with Crippen LogP contribution in [0, 0.1) is 0 Å². The summed E-state index contributed by atoms with van der Waals surface area (Å²) in [6.45, 7) is 3.27. The average Bonchev–Trinajstić information content (AvgIpc) is 3.23. The van der Waals surface area contributed by atoms with Crippen LogP contribution in [0.2, 0.25) is 0 Å². The van der Waals surface area contributed by atoms with Gasteiger partial charge in [0.25, 0.3) is 0 Å². The fourth-order valence-electron chi connectivity index (χ4n) is 5.81. The first-order valence-electron chi connectivity index (χ1n) is 17.9. The van der Waals surface area contributed by atoms with E-state index in [0.29, 0.717) is 39.4 Å². The fourth-order valence-corrected chi connectivity index (χ4v) is 5.81. The Balaban J connectivity index is 1.01. The molecule has 4 N–H and O–H groups in total. The second-order valence-corrected chi connectivity index (χ2v) is 12.6. The number of benzene rings is 3. The van der Waals surface area contributed by atoms with E-state index in [4.69, 9.17) is 9.47 Å². The molecule has 0 fully saturated rings. The zero-order valence-corrected chi connectivity index (χ0v) is 29.9. The van der Waals surface area contributed by atoms with E-state index >= 15 is 0 Å². The molecule has 4 aromatic heterocycles. The second kappa shape index (κ2) is 18.5. The van der Waals surface area contributed by atoms with Crippen molar-refractivity contribution in [2.45, 2.75) is 39.4 Å². The summed E-state index contributed by atoms with van der Waals surface area (Å²) in [5.41, 5.74) is 6.45. The summed E-state index contributed by atoms with van der Waals surface area (Å²) in [6.07, 6.45) is 7.12. The van der Waals surface area contributed by atoms with Crippen LogP contribution >= 0.6 is 0 Å². The van der Waals surface area contributed by atoms with Gasteiger partial charge in [-0.05, 0) is 112 Å². The highest BCUT2D eigenvalue weighted by Crippen LogP contribution is 2.23. The van der Waals surface area contributed by atoms with Crippen molar-refractivity contribution in [2.24, 2.45) is 0 Å². The Morgan fingerprint density at radius 1 is 0.333 bits per heavy atom. The van der Waals surface area contributed by atoms with E-state index in [1.807, 2.05) is 78.9 Å². The Morgan fingerprint density at radius 3 is 0.944 bits per heavy atom. The molecule has 0 saturated heterocycles. The van der Waals surface area contributed by atoms with E-state index in [1.165, 1.54) is 0 Å². The highest BCUT2D eigenvalue weighted by atomic mass is 16.5. The van der Waals surface area contributed by atoms with Crippen molar-refractivity contribution < 1.29 is 9.47 Å². The minimum Gasteiger partial charge on any atom is -0.489 e. The van der Waals surface area contributed by atoms with Crippen molar-refractivity contribution in [3.05, 3.63) is 192 Å². The summed E-state index contributed by atoms with van der Waals surface area (Å²) >= 11 is 0. The molecule has 0 aliphatic heterocycles. The van der Waals surface area contributed by atoms with Gasteiger partial charge in [0.1, 0.15) is 48.0 Å². The molecule has 7 rings (SSSR count). The number of nitrogens with zero attached hydrogens (tertiary/aromatic N) is 4. The van der Waals surface area contributed by atoms with Crippen molar-refractivity contribution in [1.29, 1.82) is 0 Å². The highest BCUT2D eigenvalue weighted by molar-refractivity contribution is 5.43. The van der Waals surface area contributed by atoms with Gasteiger partial charge in [0, 0.05) is 51.0 Å². The standard InChI is InChI=1S/C44H42N8O2/c1-5-16-45-41(12-1)49-27-35-21-36(28-50-42-13-2-6-17-46-42)24-39(23-35)53-31-33-10-9-11-34(20-33)32-54-40-25-37(29-51-43-14-3-7-18-47-43)22-38(26-40)30-52-44-15-4-8-19-48-44/h1-26H,27-32H2,(H,45,49)(H,46,50)(H,47,51)(H,48,52). The quantitative estimate of drug-likeness (QED) is 0.0687. The normalized spacial score (nSPS) is 10.7. The van der Waals surface area contributed by atoms with Crippen LogP contribution in [-0.2, 0) is 39.4 Å². The third kappa shape index (κ3) is 11.0. The van der Waals surface area contributed by atoms with Gasteiger partial charge in [-0.2, -0.15) is 0 Å². The van der Waals surface area contributed by atoms with Gasteiger partial charge >= 0.3 is 0 Å². The molecular weight excluding hydrogens is 673 g/mol. The molecule has 0 saturated carbocycles. The first-order valence-corrected chi connectivity index (χ1v) is 17.9. The fraction of sp³-hybridized carbons (Fsp3) is 0.136. The van der Waals surface area contributed by atoms with E-state index in [9.17, 15) is 0 Å². The van der Waals surface area contributed by atoms with E-state index in [-0.39, 0.29) is 0 Å². The van der Waals surface area contributed by atoms with Gasteiger partial charge in [0.15, 0.2) is 0 Å². The van der Waals surface area contributed by atoms with E-state index in [1.54, 1.807) is 24.8 Å². The molecule has 3 aromatic carbocycles. The van der Waals surface area contributed by atoms with Crippen LogP contribution in [0.5, 0.6) is 11.5 Å². The number of pyridine rings is 4. The van der Waals surface area contributed by atoms with E-state index < -0.39 is 0 Å². The topological polar surface area (TPSA) is 118 Å². The van der Waals surface area contributed by atoms with Crippen LogP contribution in [0.25, 0.3) is 0 Å². The maximum atomic E-state index is 6.40. The zero-order valence-electron chi connectivity index (χ0n) is 29.9. The Kier molecular flexibility index (Phi) is 12.2. The molecule has 0 aliphatic rings. The first kappa shape index (κ1) is 35.5. The van der Waals surface area contributed by atoms with Gasteiger partial charge < -0.3 is 30.7 Å². The Labute approximate surface area is 315 Å². The lowest BCUT2D eigenvalue weighted by Crippen LogP contribution is -2.06. The lowest BCUT2D eigenvalue weighted by Gasteiger charge is -2.15. The van der Waals surface area contributed by atoms with Gasteiger partial charge in [-0.3, -0.25) is 0 Å². The summed E-state index contributed by atoms with van der Waals surface area (Å²) in [5, 5.41) is 13.6. The maximum Gasteiger partial charge on any atom is 0.126 e. The summed E-state index contributed by atoms with van der Waals surface area (Å²) in [6, 6.07) is 44.3. The monoisotopic (exact) mass is 714 g/mol. The van der Waals surface area contributed by atoms with Crippen molar-refractivity contribution in [3.8, 4) is 11.5 Å². The Bertz CT molecular complexity index is 1910. The lowest BCUT2D eigenvalue weighted by atomic mass is 10.1. The molecule has 0 atom stereocenters. The minimum absolute atomic E-state index is 0.413. The molecule has 270 valence electrons. The zero-order chi connectivity index (χ0) is 36.6. The number of anilines is 4. The summed E-state index contributed by atoms with van der Waals surface area (Å²) in [7, 11) is 0. The molecule has 54 heavy (non-hydrogen) atoms. The van der Waals surface area contributed by atoms with Gasteiger partial charge in [0.2, 0.25) is 0 Å². The van der Waals surface area contributed by atoms with Crippen LogP contribution in [0.15, 0.2) is 158 Å². The molecule has 10 nitrogen and oxygen atoms in total. The molecule has 0 aliphatic carbocycles. The molecule has 7 aromatic rings. The molecule has 0 bridgehead atoms. The second-order valence-electron chi connectivity index (χ2n) is 12.6. The van der Waals surface area contributed by atoms with Crippen LogP contribution in [0.3, 0.4) is 0 Å². The van der Waals surface area contributed by atoms with Gasteiger partial charge in [0.05, 0.1) is 0 Å². The number of aromatic nitrogens is 4. The molecule has 0 radical (unpaired) electrons. The van der Waals surface area contributed by atoms with Crippen LogP contribution in [-0.4, -0.2) is 19.9 Å². The van der Waals surface area contributed by atoms with Gasteiger partial charge in [-0.15, -0.1) is 0 Å². The van der Waals surface area contributed by atoms with Crippen molar-refractivity contribution in [3.63, 3.8) is 0 Å². The minimum atomic E-state index is 0.413. The number of hydrogen-bond acceptors (Lipinski definition) is 10. The third-order valence-electron chi connectivity index (χ3n) is 8.41. The summed E-state index contributed by atoms with van der Waals surface area (Å²) < 4.78 is 12.8. The number of ether oxygens (including phenoxy) is 2. The van der Waals surface area contributed by atoms with Crippen molar-refractivity contribution in [1.82, 2.24) is 19.9 Å². The van der Waals surface area contributed by atoms with E-state index in [2.05, 4.69) is 95.8 Å². The van der Waals surface area contributed by atoms with Crippen LogP contribution < -0.4 is 30.7 Å². The summed E-state index contributed by atoms with van der Waals surface area (Å²) in [4.78, 5) is 17.6. The highest BCUT2D eigenvalue weighted by Gasteiger charge is 2.08.